The highest BCUT2D eigenvalue weighted by atomic mass is 79.9. The topological polar surface area (TPSA) is 46.6 Å². The van der Waals surface area contributed by atoms with E-state index in [0.29, 0.717) is 24.1 Å². The molecule has 2 atom stereocenters. The van der Waals surface area contributed by atoms with E-state index in [0.717, 1.165) is 9.37 Å². The van der Waals surface area contributed by atoms with Gasteiger partial charge in [0, 0.05) is 10.4 Å². The number of amides is 2. The van der Waals surface area contributed by atoms with Crippen LogP contribution in [-0.2, 0) is 9.53 Å². The minimum atomic E-state index is -2.02. The molecule has 1 aliphatic heterocycles. The van der Waals surface area contributed by atoms with E-state index in [1.165, 1.54) is 0 Å². The number of hydrogen-bond acceptors (Lipinski definition) is 3. The number of carbonyl (C=O) groups excluding carboxylic acids is 2. The largest absolute Gasteiger partial charge is 0.443 e. The zero-order valence-electron chi connectivity index (χ0n) is 13.4. The molecular weight excluding hydrogens is 365 g/mol. The quantitative estimate of drug-likeness (QED) is 0.651. The van der Waals surface area contributed by atoms with Crippen LogP contribution in [0.5, 0.6) is 0 Å². The van der Waals surface area contributed by atoms with Crippen LogP contribution in [0.25, 0.3) is 0 Å². The third-order valence-corrected chi connectivity index (χ3v) is 4.82. The fourth-order valence-electron chi connectivity index (χ4n) is 3.42. The molecule has 2 unspecified atom stereocenters. The van der Waals surface area contributed by atoms with Gasteiger partial charge in [-0.1, -0.05) is 15.9 Å². The average molecular weight is 384 g/mol. The van der Waals surface area contributed by atoms with Crippen molar-refractivity contribution >= 4 is 33.6 Å². The maximum Gasteiger partial charge on any atom is 0.421 e. The van der Waals surface area contributed by atoms with Crippen LogP contribution in [0, 0.1) is 0 Å². The molecule has 0 aromatic heterocycles. The third kappa shape index (κ3) is 2.67. The maximum absolute atomic E-state index is 15.4. The molecule has 0 radical (unpaired) electrons. The summed E-state index contributed by atoms with van der Waals surface area (Å²) in [4.78, 5) is 26.1. The molecule has 3 rings (SSSR count). The molecule has 1 aromatic rings. The number of benzene rings is 1. The van der Waals surface area contributed by atoms with E-state index in [4.69, 9.17) is 4.74 Å². The molecule has 1 aromatic carbocycles. The second-order valence-corrected chi connectivity index (χ2v) is 8.05. The van der Waals surface area contributed by atoms with Crippen molar-refractivity contribution < 1.29 is 18.7 Å². The van der Waals surface area contributed by atoms with Crippen molar-refractivity contribution in [2.75, 3.05) is 4.90 Å². The molecule has 1 heterocycles. The molecule has 2 amide bonds. The molecule has 6 heteroatoms. The lowest BCUT2D eigenvalue weighted by Gasteiger charge is -2.39. The van der Waals surface area contributed by atoms with Crippen molar-refractivity contribution in [3.8, 4) is 0 Å². The Kier molecular flexibility index (Phi) is 3.78. The van der Waals surface area contributed by atoms with Crippen LogP contribution in [0.1, 0.15) is 51.5 Å². The van der Waals surface area contributed by atoms with Gasteiger partial charge < -0.3 is 4.74 Å². The minimum absolute atomic E-state index is 0.141. The van der Waals surface area contributed by atoms with Gasteiger partial charge in [0.05, 0.1) is 5.69 Å². The number of hydrogen-bond donors (Lipinski definition) is 0. The summed E-state index contributed by atoms with van der Waals surface area (Å²) in [6.07, 6.45) is 0.546. The van der Waals surface area contributed by atoms with Crippen molar-refractivity contribution in [3.05, 3.63) is 28.2 Å². The molecule has 0 saturated heterocycles. The van der Waals surface area contributed by atoms with Crippen LogP contribution < -0.4 is 4.90 Å². The predicted molar refractivity (Wildman–Crippen MR) is 88.3 cm³/mol. The third-order valence-electron chi connectivity index (χ3n) is 4.33. The zero-order chi connectivity index (χ0) is 17.0. The Morgan fingerprint density at radius 1 is 1.43 bits per heavy atom. The highest BCUT2D eigenvalue weighted by molar-refractivity contribution is 9.10. The van der Waals surface area contributed by atoms with E-state index in [1.807, 2.05) is 0 Å². The lowest BCUT2D eigenvalue weighted by molar-refractivity contribution is -0.131. The van der Waals surface area contributed by atoms with Gasteiger partial charge in [-0.25, -0.2) is 14.1 Å². The summed E-state index contributed by atoms with van der Waals surface area (Å²) < 4.78 is 21.5. The summed E-state index contributed by atoms with van der Waals surface area (Å²) >= 11 is 3.38. The van der Waals surface area contributed by atoms with Gasteiger partial charge in [0.25, 0.3) is 5.91 Å². The Labute approximate surface area is 143 Å². The van der Waals surface area contributed by atoms with Gasteiger partial charge in [-0.2, -0.15) is 0 Å². The maximum atomic E-state index is 15.4. The minimum Gasteiger partial charge on any atom is -0.443 e. The van der Waals surface area contributed by atoms with Crippen LogP contribution in [-0.4, -0.2) is 23.3 Å². The summed E-state index contributed by atoms with van der Waals surface area (Å²) in [5.41, 5.74) is -1.68. The van der Waals surface area contributed by atoms with Crippen LogP contribution in [0.4, 0.5) is 14.9 Å². The van der Waals surface area contributed by atoms with Gasteiger partial charge in [-0.3, -0.25) is 4.79 Å². The standard InChI is InChI=1S/C17H19BrFNO3/c1-16(2,3)23-15(22)20-13-7-6-10(18)9-11(13)12-5-4-8-17(12,19)14(20)21/h6-7,9,12H,4-5,8H2,1-3H3. The monoisotopic (exact) mass is 383 g/mol. The fourth-order valence-corrected chi connectivity index (χ4v) is 3.80. The lowest BCUT2D eigenvalue weighted by atomic mass is 9.81. The second kappa shape index (κ2) is 5.30. The van der Waals surface area contributed by atoms with Gasteiger partial charge in [-0.05, 0) is 63.8 Å². The normalized spacial score (nSPS) is 26.7. The SMILES string of the molecule is CC(C)(C)OC(=O)N1C(=O)C2(F)CCCC2c2cc(Br)ccc21. The molecule has 2 aliphatic rings. The molecule has 0 bridgehead atoms. The van der Waals surface area contributed by atoms with Crippen LogP contribution in [0.3, 0.4) is 0 Å². The summed E-state index contributed by atoms with van der Waals surface area (Å²) in [7, 11) is 0. The molecule has 1 aliphatic carbocycles. The molecule has 0 N–H and O–H groups in total. The number of fused-ring (bicyclic) bond motifs is 3. The highest BCUT2D eigenvalue weighted by Gasteiger charge is 2.58. The van der Waals surface area contributed by atoms with E-state index < -0.39 is 29.2 Å². The second-order valence-electron chi connectivity index (χ2n) is 7.13. The summed E-state index contributed by atoms with van der Waals surface area (Å²) in [5.74, 6) is -1.30. The number of carbonyl (C=O) groups is 2. The van der Waals surface area contributed by atoms with Crippen molar-refractivity contribution in [2.24, 2.45) is 0 Å². The Balaban J connectivity index is 2.11. The molecule has 23 heavy (non-hydrogen) atoms. The Morgan fingerprint density at radius 3 is 2.78 bits per heavy atom. The first-order valence-electron chi connectivity index (χ1n) is 7.69. The highest BCUT2D eigenvalue weighted by Crippen LogP contribution is 2.53. The summed E-state index contributed by atoms with van der Waals surface area (Å²) in [6, 6.07) is 5.20. The van der Waals surface area contributed by atoms with E-state index >= 15 is 4.39 Å². The van der Waals surface area contributed by atoms with Gasteiger partial charge in [0.1, 0.15) is 5.60 Å². The van der Waals surface area contributed by atoms with Gasteiger partial charge in [0.2, 0.25) is 0 Å². The Hall–Kier alpha value is -1.43. The van der Waals surface area contributed by atoms with E-state index in [1.54, 1.807) is 39.0 Å². The van der Waals surface area contributed by atoms with Gasteiger partial charge in [-0.15, -0.1) is 0 Å². The van der Waals surface area contributed by atoms with Crippen molar-refractivity contribution in [2.45, 2.75) is 57.2 Å². The van der Waals surface area contributed by atoms with E-state index in [-0.39, 0.29) is 6.42 Å². The first-order valence-corrected chi connectivity index (χ1v) is 8.49. The predicted octanol–water partition coefficient (Wildman–Crippen LogP) is 4.71. The number of alkyl halides is 1. The fraction of sp³-hybridized carbons (Fsp3) is 0.529. The van der Waals surface area contributed by atoms with Gasteiger partial charge in [0.15, 0.2) is 5.67 Å². The van der Waals surface area contributed by atoms with Gasteiger partial charge >= 0.3 is 6.09 Å². The smallest absolute Gasteiger partial charge is 0.421 e. The first kappa shape index (κ1) is 16.4. The number of anilines is 1. The van der Waals surface area contributed by atoms with E-state index in [9.17, 15) is 9.59 Å². The number of halogens is 2. The van der Waals surface area contributed by atoms with E-state index in [2.05, 4.69) is 15.9 Å². The van der Waals surface area contributed by atoms with Crippen molar-refractivity contribution in [1.29, 1.82) is 0 Å². The van der Waals surface area contributed by atoms with Crippen LogP contribution in [0.2, 0.25) is 0 Å². The molecule has 1 saturated carbocycles. The number of nitrogens with zero attached hydrogens (tertiary/aromatic N) is 1. The first-order chi connectivity index (χ1) is 10.6. The number of rotatable bonds is 0. The molecular formula is C17H19BrFNO3. The number of imide groups is 1. The zero-order valence-corrected chi connectivity index (χ0v) is 14.9. The molecule has 0 spiro atoms. The van der Waals surface area contributed by atoms with Crippen molar-refractivity contribution in [3.63, 3.8) is 0 Å². The summed E-state index contributed by atoms with van der Waals surface area (Å²) in [5, 5.41) is 0. The Morgan fingerprint density at radius 2 is 2.13 bits per heavy atom. The van der Waals surface area contributed by atoms with Crippen molar-refractivity contribution in [1.82, 2.24) is 0 Å². The van der Waals surface area contributed by atoms with Crippen LogP contribution in [0.15, 0.2) is 22.7 Å². The molecule has 1 fully saturated rings. The number of ether oxygens (including phenoxy) is 1. The average Bonchev–Trinajstić information content (AvgIpc) is 2.81. The molecule has 124 valence electrons. The molecule has 4 nitrogen and oxygen atoms in total. The van der Waals surface area contributed by atoms with Crippen LogP contribution >= 0.6 is 15.9 Å². The summed E-state index contributed by atoms with van der Waals surface area (Å²) in [6.45, 7) is 5.14. The Bertz CT molecular complexity index is 685. The lowest BCUT2D eigenvalue weighted by Crippen LogP contribution is -2.55.